The van der Waals surface area contributed by atoms with Crippen LogP contribution in [0, 0.1) is 5.82 Å². The smallest absolute Gasteiger partial charge is 0.243 e. The molecule has 0 saturated carbocycles. The number of sulfonamides is 1. The number of rotatable bonds is 7. The first-order chi connectivity index (χ1) is 8.51. The second-order valence-electron chi connectivity index (χ2n) is 3.94. The van der Waals surface area contributed by atoms with Crippen molar-refractivity contribution >= 4 is 10.0 Å². The molecule has 1 aromatic rings. The van der Waals surface area contributed by atoms with E-state index in [1.54, 1.807) is 6.07 Å². The number of hydrogen-bond donors (Lipinski definition) is 2. The van der Waals surface area contributed by atoms with E-state index in [0.29, 0.717) is 19.5 Å². The Balaban J connectivity index is 2.91. The standard InChI is InChI=1S/C12H19FN2O2S/c1-3-7-15-18(16,17)12-6-5-10(8-11(12)13)9-14-4-2/h5-6,8,14-15H,3-4,7,9H2,1-2H3. The number of nitrogens with one attached hydrogen (secondary N) is 2. The van der Waals surface area contributed by atoms with Crippen LogP contribution in [0.4, 0.5) is 4.39 Å². The Kier molecular flexibility index (Phi) is 5.71. The number of halogens is 1. The molecule has 102 valence electrons. The van der Waals surface area contributed by atoms with Gasteiger partial charge in [0.1, 0.15) is 10.7 Å². The molecule has 0 aliphatic rings. The average molecular weight is 274 g/mol. The van der Waals surface area contributed by atoms with Crippen LogP contribution >= 0.6 is 0 Å². The van der Waals surface area contributed by atoms with E-state index >= 15 is 0 Å². The van der Waals surface area contributed by atoms with Gasteiger partial charge in [-0.1, -0.05) is 19.9 Å². The van der Waals surface area contributed by atoms with Crippen molar-refractivity contribution in [1.82, 2.24) is 10.0 Å². The fraction of sp³-hybridized carbons (Fsp3) is 0.500. The highest BCUT2D eigenvalue weighted by molar-refractivity contribution is 7.89. The quantitative estimate of drug-likeness (QED) is 0.794. The summed E-state index contributed by atoms with van der Waals surface area (Å²) in [6.07, 6.45) is 0.666. The van der Waals surface area contributed by atoms with Gasteiger partial charge in [0, 0.05) is 13.1 Å². The first-order valence-corrected chi connectivity index (χ1v) is 7.48. The van der Waals surface area contributed by atoms with Gasteiger partial charge < -0.3 is 5.32 Å². The monoisotopic (exact) mass is 274 g/mol. The lowest BCUT2D eigenvalue weighted by Crippen LogP contribution is -2.25. The molecule has 0 spiro atoms. The van der Waals surface area contributed by atoms with E-state index in [-0.39, 0.29) is 4.90 Å². The Morgan fingerprint density at radius 2 is 2.00 bits per heavy atom. The molecule has 1 aromatic carbocycles. The van der Waals surface area contributed by atoms with Crippen LogP contribution in [0.2, 0.25) is 0 Å². The largest absolute Gasteiger partial charge is 0.313 e. The SMILES string of the molecule is CCCNS(=O)(=O)c1ccc(CNCC)cc1F. The zero-order valence-electron chi connectivity index (χ0n) is 10.7. The second-order valence-corrected chi connectivity index (χ2v) is 5.68. The number of benzene rings is 1. The maximum absolute atomic E-state index is 13.8. The third-order valence-electron chi connectivity index (χ3n) is 2.41. The van der Waals surface area contributed by atoms with Crippen molar-refractivity contribution in [2.75, 3.05) is 13.1 Å². The summed E-state index contributed by atoms with van der Waals surface area (Å²) in [5.41, 5.74) is 0.726. The van der Waals surface area contributed by atoms with Gasteiger partial charge in [0.15, 0.2) is 0 Å². The van der Waals surface area contributed by atoms with Gasteiger partial charge in [0.2, 0.25) is 10.0 Å². The van der Waals surface area contributed by atoms with Crippen molar-refractivity contribution in [3.8, 4) is 0 Å². The Bertz CT molecular complexity index is 489. The summed E-state index contributed by atoms with van der Waals surface area (Å²) in [5.74, 6) is -0.714. The topological polar surface area (TPSA) is 58.2 Å². The second kappa shape index (κ2) is 6.82. The van der Waals surface area contributed by atoms with Crippen molar-refractivity contribution in [2.24, 2.45) is 0 Å². The lowest BCUT2D eigenvalue weighted by Gasteiger charge is -2.08. The Labute approximate surface area is 108 Å². The zero-order chi connectivity index (χ0) is 13.6. The van der Waals surface area contributed by atoms with E-state index in [0.717, 1.165) is 12.1 Å². The fourth-order valence-corrected chi connectivity index (χ4v) is 2.65. The molecule has 0 atom stereocenters. The lowest BCUT2D eigenvalue weighted by molar-refractivity contribution is 0.555. The van der Waals surface area contributed by atoms with Crippen molar-refractivity contribution in [3.63, 3.8) is 0 Å². The van der Waals surface area contributed by atoms with Gasteiger partial charge in [-0.2, -0.15) is 0 Å². The molecule has 0 saturated heterocycles. The molecule has 6 heteroatoms. The molecule has 0 bridgehead atoms. The van der Waals surface area contributed by atoms with Crippen molar-refractivity contribution in [3.05, 3.63) is 29.6 Å². The summed E-state index contributed by atoms with van der Waals surface area (Å²) >= 11 is 0. The summed E-state index contributed by atoms with van der Waals surface area (Å²) in [6, 6.07) is 4.18. The van der Waals surface area contributed by atoms with Gasteiger partial charge in [-0.05, 0) is 30.7 Å². The molecule has 0 fully saturated rings. The van der Waals surface area contributed by atoms with Gasteiger partial charge in [-0.3, -0.25) is 0 Å². The minimum absolute atomic E-state index is 0.295. The van der Waals surface area contributed by atoms with Gasteiger partial charge in [-0.25, -0.2) is 17.5 Å². The first-order valence-electron chi connectivity index (χ1n) is 6.00. The van der Waals surface area contributed by atoms with E-state index < -0.39 is 15.8 Å². The van der Waals surface area contributed by atoms with Gasteiger partial charge >= 0.3 is 0 Å². The van der Waals surface area contributed by atoms with Crippen molar-refractivity contribution in [1.29, 1.82) is 0 Å². The van der Waals surface area contributed by atoms with Crippen LogP contribution in [-0.4, -0.2) is 21.5 Å². The van der Waals surface area contributed by atoms with E-state index in [9.17, 15) is 12.8 Å². The summed E-state index contributed by atoms with van der Waals surface area (Å²) < 4.78 is 39.6. The summed E-state index contributed by atoms with van der Waals surface area (Å²) in [6.45, 7) is 5.40. The maximum atomic E-state index is 13.8. The Morgan fingerprint density at radius 1 is 1.28 bits per heavy atom. The first kappa shape index (κ1) is 15.1. The van der Waals surface area contributed by atoms with Crippen molar-refractivity contribution in [2.45, 2.75) is 31.7 Å². The van der Waals surface area contributed by atoms with E-state index in [2.05, 4.69) is 10.0 Å². The van der Waals surface area contributed by atoms with Crippen LogP contribution < -0.4 is 10.0 Å². The molecule has 0 aromatic heterocycles. The maximum Gasteiger partial charge on any atom is 0.243 e. The van der Waals surface area contributed by atoms with Crippen LogP contribution in [0.3, 0.4) is 0 Å². The van der Waals surface area contributed by atoms with Crippen LogP contribution in [-0.2, 0) is 16.6 Å². The molecular formula is C12H19FN2O2S. The molecular weight excluding hydrogens is 255 g/mol. The highest BCUT2D eigenvalue weighted by Crippen LogP contribution is 2.16. The van der Waals surface area contributed by atoms with Crippen LogP contribution in [0.15, 0.2) is 23.1 Å². The van der Waals surface area contributed by atoms with Crippen LogP contribution in [0.1, 0.15) is 25.8 Å². The molecule has 18 heavy (non-hydrogen) atoms. The molecule has 0 unspecified atom stereocenters. The average Bonchev–Trinajstić information content (AvgIpc) is 2.33. The van der Waals surface area contributed by atoms with Gasteiger partial charge in [-0.15, -0.1) is 0 Å². The molecule has 0 aliphatic heterocycles. The molecule has 4 nitrogen and oxygen atoms in total. The molecule has 0 heterocycles. The fourth-order valence-electron chi connectivity index (χ4n) is 1.46. The third kappa shape index (κ3) is 4.04. The number of hydrogen-bond acceptors (Lipinski definition) is 3. The molecule has 0 aliphatic carbocycles. The third-order valence-corrected chi connectivity index (χ3v) is 3.90. The van der Waals surface area contributed by atoms with E-state index in [4.69, 9.17) is 0 Å². The van der Waals surface area contributed by atoms with Crippen LogP contribution in [0.5, 0.6) is 0 Å². The Hall–Kier alpha value is -0.980. The highest BCUT2D eigenvalue weighted by atomic mass is 32.2. The minimum Gasteiger partial charge on any atom is -0.313 e. The van der Waals surface area contributed by atoms with Gasteiger partial charge in [0.25, 0.3) is 0 Å². The summed E-state index contributed by atoms with van der Waals surface area (Å²) in [5, 5.41) is 3.05. The van der Waals surface area contributed by atoms with E-state index in [1.165, 1.54) is 12.1 Å². The predicted octanol–water partition coefficient (Wildman–Crippen LogP) is 1.62. The summed E-state index contributed by atoms with van der Waals surface area (Å²) in [4.78, 5) is -0.295. The molecule has 1 rings (SSSR count). The van der Waals surface area contributed by atoms with Gasteiger partial charge in [0.05, 0.1) is 0 Å². The minimum atomic E-state index is -3.74. The van der Waals surface area contributed by atoms with Crippen LogP contribution in [0.25, 0.3) is 0 Å². The summed E-state index contributed by atoms with van der Waals surface area (Å²) in [7, 11) is -3.74. The molecule has 0 amide bonds. The Morgan fingerprint density at radius 3 is 2.56 bits per heavy atom. The zero-order valence-corrected chi connectivity index (χ0v) is 11.5. The predicted molar refractivity (Wildman–Crippen MR) is 69.3 cm³/mol. The van der Waals surface area contributed by atoms with E-state index in [1.807, 2.05) is 13.8 Å². The molecule has 0 radical (unpaired) electrons. The molecule has 2 N–H and O–H groups in total. The normalized spacial score (nSPS) is 11.7. The van der Waals surface area contributed by atoms with Crippen molar-refractivity contribution < 1.29 is 12.8 Å². The lowest BCUT2D eigenvalue weighted by atomic mass is 10.2. The highest BCUT2D eigenvalue weighted by Gasteiger charge is 2.18.